The van der Waals surface area contributed by atoms with Crippen LogP contribution >= 0.6 is 0 Å². The number of nitrogens with two attached hydrogens (primary N) is 1. The van der Waals surface area contributed by atoms with Crippen LogP contribution < -0.4 is 11.1 Å². The fourth-order valence-electron chi connectivity index (χ4n) is 12.9. The zero-order valence-corrected chi connectivity index (χ0v) is 51.8. The molecule has 1 aliphatic carbocycles. The minimum atomic E-state index is -2.55. The summed E-state index contributed by atoms with van der Waals surface area (Å²) in [4.78, 5) is 87.2. The number of methoxy groups -OCH3 is 2. The standard InChI is InChI=1S/C65H90N8O13/c1-35(2)73-61-54(60(66)67-34-68-61)55(71-73)44-22-25-51-47(31-44)70-64(85-51)69-46-32-45-23-20-42(9)65(81,86-45)59(78)62(79)72-26-16-15-19-48(72)63(80)84-52(39(6)29-43-21-24-49(74)53(30-43)82-10)33-50(75)38(5)28-41(8)57(77)58(83-11)56(76)40(7)27-36(3)17-13-12-14-18-37(46)4/h12-14,17-18,22,25,28,31,34-36,38-40,42-43,45-46,48-49,52-53,57-58,74,77,81H,15-16,19-21,23-24,26-27,29-30,32-33H2,1-11H3,(H,69,70)(H2,66,67,68)/b14-12+,17-13+,37-18-,41-28+/t36-,38-,39?,40-,42-,43-,45+,46+,48+,49-,52+,53-,57-,58+,65-/m1/s1. The maximum absolute atomic E-state index is 14.7. The molecule has 21 nitrogen and oxygen atoms in total. The third-order valence-corrected chi connectivity index (χ3v) is 18.2. The summed E-state index contributed by atoms with van der Waals surface area (Å²) in [6.45, 7) is 16.7. The molecule has 3 fully saturated rings. The van der Waals surface area contributed by atoms with Crippen LogP contribution in [0, 0.1) is 35.5 Å². The number of oxazole rings is 1. The van der Waals surface area contributed by atoms with Gasteiger partial charge in [-0.1, -0.05) is 76.6 Å². The number of rotatable bonds is 9. The van der Waals surface area contributed by atoms with Gasteiger partial charge in [-0.2, -0.15) is 10.1 Å². The predicted octanol–water partition coefficient (Wildman–Crippen LogP) is 8.76. The largest absolute Gasteiger partial charge is 0.460 e. The lowest BCUT2D eigenvalue weighted by Gasteiger charge is -2.43. The number of Topliss-reactive ketones (excluding diaryl/α,β-unsaturated/α-hetero) is 3. The quantitative estimate of drug-likeness (QED) is 0.0594. The Kier molecular flexibility index (Phi) is 21.7. The first kappa shape index (κ1) is 65.5. The summed E-state index contributed by atoms with van der Waals surface area (Å²) >= 11 is 0. The number of allylic oxidation sites excluding steroid dienone is 6. The first-order chi connectivity index (χ1) is 40.9. The topological polar surface area (TPSA) is 294 Å². The smallest absolute Gasteiger partial charge is 0.329 e. The number of cyclic esters (lactones) is 1. The van der Waals surface area contributed by atoms with Crippen molar-refractivity contribution in [3.8, 4) is 11.3 Å². The molecule has 6 N–H and O–H groups in total. The molecule has 1 unspecified atom stereocenters. The highest BCUT2D eigenvalue weighted by atomic mass is 16.6. The molecule has 4 aromatic rings. The number of esters is 1. The molecular weight excluding hydrogens is 1100 g/mol. The minimum absolute atomic E-state index is 0.0116. The number of carbonyl (C=O) groups excluding carboxylic acids is 5. The van der Waals surface area contributed by atoms with Crippen LogP contribution in [0.3, 0.4) is 0 Å². The monoisotopic (exact) mass is 1190 g/mol. The summed E-state index contributed by atoms with van der Waals surface area (Å²) in [5, 5.41) is 43.6. The molecule has 15 atom stereocenters. The number of aromatic nitrogens is 5. The van der Waals surface area contributed by atoms with E-state index in [4.69, 9.17) is 39.2 Å². The number of amides is 1. The van der Waals surface area contributed by atoms with Crippen LogP contribution in [-0.4, -0.2) is 149 Å². The van der Waals surface area contributed by atoms with Gasteiger partial charge in [0, 0.05) is 56.5 Å². The number of ether oxygens (including phenoxy) is 4. The normalized spacial score (nSPS) is 33.6. The molecular formula is C65H90N8O13. The molecule has 468 valence electrons. The lowest BCUT2D eigenvalue weighted by atomic mass is 9.78. The molecule has 2 saturated heterocycles. The molecule has 86 heavy (non-hydrogen) atoms. The molecule has 1 aromatic carbocycles. The molecule has 0 spiro atoms. The van der Waals surface area contributed by atoms with Gasteiger partial charge in [0.25, 0.3) is 17.7 Å². The molecule has 2 bridgehead atoms. The molecule has 3 aromatic heterocycles. The zero-order valence-electron chi connectivity index (χ0n) is 51.8. The number of piperidine rings is 1. The van der Waals surface area contributed by atoms with E-state index in [9.17, 15) is 39.3 Å². The number of nitrogens with zero attached hydrogens (tertiary/aromatic N) is 6. The van der Waals surface area contributed by atoms with Crippen molar-refractivity contribution in [3.05, 3.63) is 72.1 Å². The molecule has 1 saturated carbocycles. The number of anilines is 2. The van der Waals surface area contributed by atoms with Crippen molar-refractivity contribution in [1.29, 1.82) is 0 Å². The molecule has 3 aliphatic heterocycles. The van der Waals surface area contributed by atoms with Gasteiger partial charge < -0.3 is 54.6 Å². The lowest BCUT2D eigenvalue weighted by Crippen LogP contribution is -2.61. The summed E-state index contributed by atoms with van der Waals surface area (Å²) in [6.07, 6.45) is 12.0. The van der Waals surface area contributed by atoms with Crippen LogP contribution in [0.5, 0.6) is 0 Å². The Bertz CT molecular complexity index is 3200. The van der Waals surface area contributed by atoms with E-state index in [1.54, 1.807) is 51.6 Å². The maximum Gasteiger partial charge on any atom is 0.329 e. The number of hydrogen-bond donors (Lipinski definition) is 5. The van der Waals surface area contributed by atoms with Crippen molar-refractivity contribution in [2.75, 3.05) is 31.8 Å². The van der Waals surface area contributed by atoms with Crippen molar-refractivity contribution in [2.24, 2.45) is 35.5 Å². The fraction of sp³-hybridized carbons (Fsp3) is 0.615. The van der Waals surface area contributed by atoms with Crippen molar-refractivity contribution < 1.29 is 62.7 Å². The van der Waals surface area contributed by atoms with Crippen molar-refractivity contribution in [3.63, 3.8) is 0 Å². The second kappa shape index (κ2) is 28.6. The Labute approximate surface area is 504 Å². The Hall–Kier alpha value is -6.49. The number of fused-ring (bicyclic) bond motifs is 5. The van der Waals surface area contributed by atoms with Gasteiger partial charge in [0.2, 0.25) is 5.79 Å². The molecule has 0 radical (unpaired) electrons. The van der Waals surface area contributed by atoms with Gasteiger partial charge >= 0.3 is 5.97 Å². The van der Waals surface area contributed by atoms with E-state index in [1.165, 1.54) is 18.3 Å². The van der Waals surface area contributed by atoms with Crippen molar-refractivity contribution in [1.82, 2.24) is 29.6 Å². The van der Waals surface area contributed by atoms with Crippen LogP contribution in [0.15, 0.2) is 76.5 Å². The Balaban J connectivity index is 1.11. The van der Waals surface area contributed by atoms with E-state index in [-0.39, 0.29) is 73.3 Å². The van der Waals surface area contributed by atoms with E-state index in [2.05, 4.69) is 15.3 Å². The third-order valence-electron chi connectivity index (χ3n) is 18.2. The SMILES string of the molecule is CO[C@@H]1C[C@@H](CC(C)[C@@H]2CC(=O)[C@H](C)/C=C(\C)[C@@H](O)[C@@H](OC)C(=O)[C@H](C)C[C@H](C)/C=C/C=C/C=C(/C)[C@@H](Nc3nc4cc(-c5nn(C(C)C)c6ncnc(N)c56)ccc4o3)C[C@@H]3CC[C@@H](C)[C@@](O)(O3)C(=O)C(=O)N3CCCC[C@H]3C(=O)O2)CC[C@H]1O. The Morgan fingerprint density at radius 2 is 1.66 bits per heavy atom. The van der Waals surface area contributed by atoms with Crippen molar-refractivity contribution in [2.45, 2.75) is 200 Å². The highest BCUT2D eigenvalue weighted by Crippen LogP contribution is 2.39. The van der Waals surface area contributed by atoms with Crippen LogP contribution in [0.1, 0.15) is 145 Å². The lowest BCUT2D eigenvalue weighted by molar-refractivity contribution is -0.263. The minimum Gasteiger partial charge on any atom is -0.460 e. The zero-order chi connectivity index (χ0) is 62.3. The van der Waals surface area contributed by atoms with E-state index in [0.29, 0.717) is 97.0 Å². The Morgan fingerprint density at radius 3 is 2.40 bits per heavy atom. The van der Waals surface area contributed by atoms with Crippen LogP contribution in [0.25, 0.3) is 33.4 Å². The number of nitrogens with one attached hydrogen (secondary N) is 1. The molecule has 21 heteroatoms. The third kappa shape index (κ3) is 14.9. The number of aliphatic hydroxyl groups is 3. The first-order valence-corrected chi connectivity index (χ1v) is 30.7. The number of ketones is 3. The number of benzene rings is 1. The van der Waals surface area contributed by atoms with Gasteiger partial charge in [-0.25, -0.2) is 19.4 Å². The second-order valence-electron chi connectivity index (χ2n) is 25.1. The number of carbonyl (C=O) groups is 5. The van der Waals surface area contributed by atoms with Gasteiger partial charge in [0.1, 0.15) is 53.5 Å². The summed E-state index contributed by atoms with van der Waals surface area (Å²) in [6, 6.07) is 3.93. The summed E-state index contributed by atoms with van der Waals surface area (Å²) in [7, 11) is 2.94. The van der Waals surface area contributed by atoms with Crippen LogP contribution in [0.4, 0.5) is 11.8 Å². The second-order valence-corrected chi connectivity index (χ2v) is 25.1. The number of aliphatic hydroxyl groups excluding tert-OH is 2. The molecule has 6 heterocycles. The highest BCUT2D eigenvalue weighted by molar-refractivity contribution is 6.39. The fourth-order valence-corrected chi connectivity index (χ4v) is 12.9. The number of nitrogen functional groups attached to an aromatic ring is 1. The van der Waals surface area contributed by atoms with Gasteiger partial charge in [-0.3, -0.25) is 19.2 Å². The summed E-state index contributed by atoms with van der Waals surface area (Å²) < 4.78 is 32.2. The van der Waals surface area contributed by atoms with E-state index >= 15 is 0 Å². The molecule has 8 rings (SSSR count). The Morgan fingerprint density at radius 1 is 0.895 bits per heavy atom. The van der Waals surface area contributed by atoms with Gasteiger partial charge in [-0.15, -0.1) is 0 Å². The van der Waals surface area contributed by atoms with Crippen LogP contribution in [0.2, 0.25) is 0 Å². The van der Waals surface area contributed by atoms with Gasteiger partial charge in [0.05, 0.1) is 29.7 Å². The number of hydrogen-bond acceptors (Lipinski definition) is 19. The maximum atomic E-state index is 14.7. The predicted molar refractivity (Wildman–Crippen MR) is 325 cm³/mol. The van der Waals surface area contributed by atoms with E-state index in [1.807, 2.05) is 77.1 Å². The van der Waals surface area contributed by atoms with Gasteiger partial charge in [0.15, 0.2) is 17.0 Å². The average Bonchev–Trinajstić information content (AvgIpc) is 1.68. The highest BCUT2D eigenvalue weighted by Gasteiger charge is 2.53. The molecule has 4 aliphatic rings. The van der Waals surface area contributed by atoms with E-state index < -0.39 is 83.8 Å². The van der Waals surface area contributed by atoms with Crippen LogP contribution in [-0.2, 0) is 42.9 Å². The average molecular weight is 1190 g/mol. The first-order valence-electron chi connectivity index (χ1n) is 30.7. The summed E-state index contributed by atoms with van der Waals surface area (Å²) in [5.41, 5.74) is 10.5. The van der Waals surface area contributed by atoms with Gasteiger partial charge in [-0.05, 0) is 140 Å². The van der Waals surface area contributed by atoms with Crippen molar-refractivity contribution >= 4 is 63.2 Å². The molecule has 1 amide bonds. The summed E-state index contributed by atoms with van der Waals surface area (Å²) in [5.74, 6) is -8.29. The van der Waals surface area contributed by atoms with E-state index in [0.717, 1.165) is 11.1 Å².